The van der Waals surface area contributed by atoms with Gasteiger partial charge in [0.05, 0.1) is 6.20 Å². The highest BCUT2D eigenvalue weighted by Gasteiger charge is 2.13. The molecule has 0 saturated heterocycles. The van der Waals surface area contributed by atoms with Crippen LogP contribution in [-0.2, 0) is 11.3 Å². The molecule has 0 atom stereocenters. The maximum absolute atomic E-state index is 12.1. The number of aryl methyl sites for hydroxylation is 1. The molecule has 7 nitrogen and oxygen atoms in total. The van der Waals surface area contributed by atoms with Crippen LogP contribution < -0.4 is 0 Å². The zero-order valence-corrected chi connectivity index (χ0v) is 13.6. The Morgan fingerprint density at radius 3 is 2.79 bits per heavy atom. The van der Waals surface area contributed by atoms with Crippen LogP contribution in [0.25, 0.3) is 16.3 Å². The number of rotatable bonds is 3. The van der Waals surface area contributed by atoms with E-state index in [4.69, 9.17) is 4.74 Å². The molecule has 4 rings (SSSR count). The predicted molar refractivity (Wildman–Crippen MR) is 88.8 cm³/mol. The standard InChI is InChI=1S/C16H13N5O2S/c1-11-18-21-9-14(17-15(21)24-11)13-7-8-20(19-13)16(22)23-10-12-5-3-2-4-6-12/h2-9H,10H2,1H3. The van der Waals surface area contributed by atoms with Crippen molar-refractivity contribution >= 4 is 22.4 Å². The van der Waals surface area contributed by atoms with Gasteiger partial charge in [-0.2, -0.15) is 14.9 Å². The molecule has 0 amide bonds. The molecule has 0 spiro atoms. The highest BCUT2D eigenvalue weighted by Crippen LogP contribution is 2.20. The third kappa shape index (κ3) is 2.79. The minimum Gasteiger partial charge on any atom is -0.443 e. The third-order valence-electron chi connectivity index (χ3n) is 3.39. The Morgan fingerprint density at radius 1 is 1.17 bits per heavy atom. The van der Waals surface area contributed by atoms with Crippen LogP contribution in [-0.4, -0.2) is 30.5 Å². The lowest BCUT2D eigenvalue weighted by Gasteiger charge is -2.03. The molecule has 4 aromatic rings. The molecule has 3 aromatic heterocycles. The largest absolute Gasteiger partial charge is 0.443 e. The Kier molecular flexibility index (Phi) is 3.58. The first-order valence-corrected chi connectivity index (χ1v) is 8.10. The maximum atomic E-state index is 12.1. The summed E-state index contributed by atoms with van der Waals surface area (Å²) in [5.74, 6) is 0. The van der Waals surface area contributed by atoms with Crippen molar-refractivity contribution in [1.82, 2.24) is 24.4 Å². The van der Waals surface area contributed by atoms with Crippen LogP contribution in [0.2, 0.25) is 0 Å². The smallest absolute Gasteiger partial charge is 0.435 e. The fraction of sp³-hybridized carbons (Fsp3) is 0.125. The van der Waals surface area contributed by atoms with Crippen LogP contribution in [0.15, 0.2) is 48.8 Å². The monoisotopic (exact) mass is 339 g/mol. The van der Waals surface area contributed by atoms with Crippen LogP contribution in [0, 0.1) is 6.92 Å². The van der Waals surface area contributed by atoms with Crippen molar-refractivity contribution < 1.29 is 9.53 Å². The van der Waals surface area contributed by atoms with Crippen molar-refractivity contribution in [1.29, 1.82) is 0 Å². The van der Waals surface area contributed by atoms with E-state index >= 15 is 0 Å². The van der Waals surface area contributed by atoms with E-state index in [9.17, 15) is 4.79 Å². The molecule has 0 radical (unpaired) electrons. The van der Waals surface area contributed by atoms with Crippen LogP contribution in [0.4, 0.5) is 4.79 Å². The summed E-state index contributed by atoms with van der Waals surface area (Å²) in [6, 6.07) is 11.2. The second-order valence-corrected chi connectivity index (χ2v) is 6.32. The molecule has 0 fully saturated rings. The average Bonchev–Trinajstić information content (AvgIpc) is 3.27. The fourth-order valence-electron chi connectivity index (χ4n) is 2.27. The van der Waals surface area contributed by atoms with Crippen LogP contribution in [0.3, 0.4) is 0 Å². The Morgan fingerprint density at radius 2 is 2.00 bits per heavy atom. The summed E-state index contributed by atoms with van der Waals surface area (Å²) >= 11 is 1.50. The molecule has 0 aliphatic carbocycles. The SMILES string of the molecule is Cc1nn2cc(-c3ccn(C(=O)OCc4ccccc4)n3)nc2s1. The van der Waals surface area contributed by atoms with Gasteiger partial charge in [0, 0.05) is 6.20 Å². The number of ether oxygens (including phenoxy) is 1. The summed E-state index contributed by atoms with van der Waals surface area (Å²) in [4.78, 5) is 17.3. The van der Waals surface area contributed by atoms with E-state index in [2.05, 4.69) is 15.2 Å². The number of aromatic nitrogens is 5. The highest BCUT2D eigenvalue weighted by molar-refractivity contribution is 7.16. The van der Waals surface area contributed by atoms with E-state index in [0.29, 0.717) is 11.4 Å². The van der Waals surface area contributed by atoms with E-state index in [1.54, 1.807) is 23.0 Å². The first kappa shape index (κ1) is 14.6. The summed E-state index contributed by atoms with van der Waals surface area (Å²) in [6.45, 7) is 2.13. The van der Waals surface area contributed by atoms with Crippen molar-refractivity contribution in [3.8, 4) is 11.4 Å². The molecule has 0 unspecified atom stereocenters. The van der Waals surface area contributed by atoms with Crippen LogP contribution >= 0.6 is 11.3 Å². The molecule has 120 valence electrons. The number of hydrogen-bond donors (Lipinski definition) is 0. The Labute approximate surface area is 141 Å². The number of carbonyl (C=O) groups excluding carboxylic acids is 1. The van der Waals surface area contributed by atoms with Gasteiger partial charge in [0.2, 0.25) is 4.96 Å². The molecule has 3 heterocycles. The average molecular weight is 339 g/mol. The van der Waals surface area contributed by atoms with Crippen LogP contribution in [0.5, 0.6) is 0 Å². The van der Waals surface area contributed by atoms with E-state index in [0.717, 1.165) is 15.5 Å². The quantitative estimate of drug-likeness (QED) is 0.573. The lowest BCUT2D eigenvalue weighted by atomic mass is 10.2. The molecular weight excluding hydrogens is 326 g/mol. The number of benzene rings is 1. The number of carbonyl (C=O) groups is 1. The molecular formula is C16H13N5O2S. The second kappa shape index (κ2) is 5.89. The molecule has 0 aliphatic rings. The van der Waals surface area contributed by atoms with E-state index in [-0.39, 0.29) is 6.61 Å². The topological polar surface area (TPSA) is 74.3 Å². The maximum Gasteiger partial charge on any atom is 0.435 e. The summed E-state index contributed by atoms with van der Waals surface area (Å²) in [6.07, 6.45) is 2.83. The van der Waals surface area contributed by atoms with Gasteiger partial charge >= 0.3 is 6.09 Å². The minimum atomic E-state index is -0.528. The highest BCUT2D eigenvalue weighted by atomic mass is 32.1. The predicted octanol–water partition coefficient (Wildman–Crippen LogP) is 3.15. The minimum absolute atomic E-state index is 0.207. The lowest BCUT2D eigenvalue weighted by molar-refractivity contribution is 0.138. The van der Waals surface area contributed by atoms with Gasteiger partial charge in [-0.15, -0.1) is 0 Å². The van der Waals surface area contributed by atoms with E-state index in [1.807, 2.05) is 37.3 Å². The molecule has 8 heteroatoms. The van der Waals surface area contributed by atoms with Gasteiger partial charge in [0.15, 0.2) is 0 Å². The fourth-order valence-corrected chi connectivity index (χ4v) is 2.99. The molecule has 24 heavy (non-hydrogen) atoms. The summed E-state index contributed by atoms with van der Waals surface area (Å²) in [5.41, 5.74) is 2.19. The molecule has 0 bridgehead atoms. The number of hydrogen-bond acceptors (Lipinski definition) is 6. The van der Waals surface area contributed by atoms with Gasteiger partial charge < -0.3 is 4.74 Å². The summed E-state index contributed by atoms with van der Waals surface area (Å²) in [7, 11) is 0. The molecule has 0 aliphatic heterocycles. The van der Waals surface area contributed by atoms with Crippen molar-refractivity contribution in [3.63, 3.8) is 0 Å². The van der Waals surface area contributed by atoms with Crippen molar-refractivity contribution in [2.45, 2.75) is 13.5 Å². The first-order valence-electron chi connectivity index (χ1n) is 7.29. The van der Waals surface area contributed by atoms with E-state index in [1.165, 1.54) is 16.0 Å². The number of imidazole rings is 1. The molecule has 0 N–H and O–H groups in total. The first-order chi connectivity index (χ1) is 11.7. The lowest BCUT2D eigenvalue weighted by Crippen LogP contribution is -2.14. The van der Waals surface area contributed by atoms with Crippen molar-refractivity contribution in [2.24, 2.45) is 0 Å². The summed E-state index contributed by atoms with van der Waals surface area (Å²) < 4.78 is 8.13. The van der Waals surface area contributed by atoms with Gasteiger partial charge in [0.1, 0.15) is 23.0 Å². The molecule has 1 aromatic carbocycles. The number of nitrogens with zero attached hydrogens (tertiary/aromatic N) is 5. The van der Waals surface area contributed by atoms with Gasteiger partial charge in [-0.3, -0.25) is 0 Å². The summed E-state index contributed by atoms with van der Waals surface area (Å²) in [5, 5.41) is 9.49. The van der Waals surface area contributed by atoms with Gasteiger partial charge in [-0.05, 0) is 18.6 Å². The van der Waals surface area contributed by atoms with E-state index < -0.39 is 6.09 Å². The Balaban J connectivity index is 1.49. The second-order valence-electron chi connectivity index (χ2n) is 5.16. The molecule has 0 saturated carbocycles. The Hall–Kier alpha value is -3.00. The van der Waals surface area contributed by atoms with Gasteiger partial charge in [-0.1, -0.05) is 41.7 Å². The zero-order valence-electron chi connectivity index (χ0n) is 12.8. The zero-order chi connectivity index (χ0) is 16.5. The Bertz CT molecular complexity index is 971. The van der Waals surface area contributed by atoms with Crippen molar-refractivity contribution in [3.05, 3.63) is 59.4 Å². The van der Waals surface area contributed by atoms with Crippen LogP contribution in [0.1, 0.15) is 10.6 Å². The van der Waals surface area contributed by atoms with Gasteiger partial charge in [-0.25, -0.2) is 14.3 Å². The van der Waals surface area contributed by atoms with Crippen molar-refractivity contribution in [2.75, 3.05) is 0 Å². The number of fused-ring (bicyclic) bond motifs is 1. The van der Waals surface area contributed by atoms with Gasteiger partial charge in [0.25, 0.3) is 0 Å². The normalized spacial score (nSPS) is 11.0. The third-order valence-corrected chi connectivity index (χ3v) is 4.23.